The van der Waals surface area contributed by atoms with E-state index in [1.807, 2.05) is 0 Å². The van der Waals surface area contributed by atoms with Gasteiger partial charge in [0.1, 0.15) is 5.52 Å². The number of rotatable bonds is 4. The number of alkyl halides is 4. The Morgan fingerprint density at radius 1 is 1.18 bits per heavy atom. The molecule has 0 spiro atoms. The summed E-state index contributed by atoms with van der Waals surface area (Å²) in [5.41, 5.74) is -0.0550. The monoisotopic (exact) mass is 315 g/mol. The van der Waals surface area contributed by atoms with E-state index in [0.29, 0.717) is 0 Å². The average molecular weight is 315 g/mol. The van der Waals surface area contributed by atoms with Gasteiger partial charge >= 0.3 is 6.18 Å². The molecule has 0 aliphatic rings. The summed E-state index contributed by atoms with van der Waals surface area (Å²) >= 11 is 0. The first-order chi connectivity index (χ1) is 10.5. The fraction of sp³-hybridized carbons (Fsp3) is 0.333. The van der Waals surface area contributed by atoms with Gasteiger partial charge in [-0.25, -0.2) is 14.4 Å². The average Bonchev–Trinajstić information content (AvgIpc) is 2.93. The molecule has 0 saturated heterocycles. The number of fused-ring (bicyclic) bond motifs is 3. The second-order valence-corrected chi connectivity index (χ2v) is 4.33. The molecule has 0 atom stereocenters. The zero-order valence-electron chi connectivity index (χ0n) is 11.0. The van der Waals surface area contributed by atoms with Crippen molar-refractivity contribution in [2.24, 2.45) is 0 Å². The molecule has 116 valence electrons. The number of halogens is 4. The first-order valence-electron chi connectivity index (χ1n) is 6.28. The summed E-state index contributed by atoms with van der Waals surface area (Å²) in [7, 11) is 0. The highest BCUT2D eigenvalue weighted by Crippen LogP contribution is 2.31. The fourth-order valence-corrected chi connectivity index (χ4v) is 1.93. The van der Waals surface area contributed by atoms with Crippen LogP contribution in [0.15, 0.2) is 18.3 Å². The van der Waals surface area contributed by atoms with Crippen LogP contribution in [0.4, 0.5) is 17.6 Å². The van der Waals surface area contributed by atoms with Gasteiger partial charge in [-0.2, -0.15) is 13.2 Å². The molecule has 10 heteroatoms. The van der Waals surface area contributed by atoms with E-state index in [1.54, 1.807) is 0 Å². The summed E-state index contributed by atoms with van der Waals surface area (Å²) in [6, 6.07) is 3.02. The van der Waals surface area contributed by atoms with Crippen molar-refractivity contribution in [1.82, 2.24) is 24.6 Å². The molecule has 0 fully saturated rings. The smallest absolute Gasteiger partial charge is 0.452 e. The Hall–Kier alpha value is -2.52. The molecule has 0 N–H and O–H groups in total. The third-order valence-electron chi connectivity index (χ3n) is 2.82. The van der Waals surface area contributed by atoms with E-state index in [-0.39, 0.29) is 35.7 Å². The number of hydrogen-bond acceptors (Lipinski definition) is 5. The summed E-state index contributed by atoms with van der Waals surface area (Å²) in [4.78, 5) is 7.97. The van der Waals surface area contributed by atoms with E-state index < -0.39 is 18.7 Å². The van der Waals surface area contributed by atoms with Gasteiger partial charge in [-0.3, -0.25) is 4.39 Å². The molecule has 22 heavy (non-hydrogen) atoms. The maximum atomic E-state index is 13.1. The van der Waals surface area contributed by atoms with E-state index in [1.165, 1.54) is 18.3 Å². The fourth-order valence-electron chi connectivity index (χ4n) is 1.93. The highest BCUT2D eigenvalue weighted by Gasteiger charge is 2.38. The SMILES string of the molecule is FCCCOc1nc2cccnc2n2c(C(F)(F)F)nnc12. The predicted molar refractivity (Wildman–Crippen MR) is 67.2 cm³/mol. The van der Waals surface area contributed by atoms with Crippen LogP contribution in [0.2, 0.25) is 0 Å². The molecule has 0 saturated carbocycles. The molecule has 0 bridgehead atoms. The molecular formula is C12H9F4N5O. The lowest BCUT2D eigenvalue weighted by molar-refractivity contribution is -0.145. The van der Waals surface area contributed by atoms with Gasteiger partial charge in [-0.1, -0.05) is 0 Å². The quantitative estimate of drug-likeness (QED) is 0.546. The minimum absolute atomic E-state index is 0.0286. The van der Waals surface area contributed by atoms with Crippen LogP contribution in [0.1, 0.15) is 12.2 Å². The standard InChI is InChI=1S/C12H9F4N5O/c13-4-2-6-22-10-9-19-20-11(12(14,15)16)21(9)8-7(18-10)3-1-5-17-8/h1,3,5H,2,4,6H2. The van der Waals surface area contributed by atoms with E-state index in [0.717, 1.165) is 4.40 Å². The van der Waals surface area contributed by atoms with Gasteiger partial charge in [-0.15, -0.1) is 10.2 Å². The van der Waals surface area contributed by atoms with Gasteiger partial charge in [0.15, 0.2) is 5.65 Å². The van der Waals surface area contributed by atoms with Gasteiger partial charge in [-0.05, 0) is 12.1 Å². The van der Waals surface area contributed by atoms with Crippen molar-refractivity contribution in [2.45, 2.75) is 12.6 Å². The zero-order valence-corrected chi connectivity index (χ0v) is 11.0. The molecule has 3 heterocycles. The Kier molecular flexibility index (Phi) is 3.51. The van der Waals surface area contributed by atoms with Gasteiger partial charge < -0.3 is 4.74 Å². The van der Waals surface area contributed by atoms with Crippen LogP contribution in [-0.2, 0) is 6.18 Å². The molecule has 0 aliphatic carbocycles. The van der Waals surface area contributed by atoms with Crippen LogP contribution in [0.3, 0.4) is 0 Å². The second kappa shape index (κ2) is 5.35. The predicted octanol–water partition coefficient (Wildman–Crippen LogP) is 2.43. The van der Waals surface area contributed by atoms with Crippen LogP contribution < -0.4 is 4.74 Å². The number of aromatic nitrogens is 5. The van der Waals surface area contributed by atoms with E-state index in [9.17, 15) is 17.6 Å². The minimum Gasteiger partial charge on any atom is -0.475 e. The largest absolute Gasteiger partial charge is 0.475 e. The molecule has 0 radical (unpaired) electrons. The van der Waals surface area contributed by atoms with Crippen LogP contribution >= 0.6 is 0 Å². The van der Waals surface area contributed by atoms with Crippen molar-refractivity contribution in [3.63, 3.8) is 0 Å². The lowest BCUT2D eigenvalue weighted by Crippen LogP contribution is -2.12. The van der Waals surface area contributed by atoms with Crippen molar-refractivity contribution >= 4 is 16.8 Å². The van der Waals surface area contributed by atoms with Crippen LogP contribution in [0.5, 0.6) is 5.88 Å². The lowest BCUT2D eigenvalue weighted by atomic mass is 10.4. The van der Waals surface area contributed by atoms with Crippen molar-refractivity contribution in [2.75, 3.05) is 13.3 Å². The molecule has 3 aromatic rings. The van der Waals surface area contributed by atoms with Gasteiger partial charge in [0, 0.05) is 12.6 Å². The molecule has 0 aromatic carbocycles. The van der Waals surface area contributed by atoms with Crippen molar-refractivity contribution < 1.29 is 22.3 Å². The molecule has 6 nitrogen and oxygen atoms in total. The van der Waals surface area contributed by atoms with Crippen molar-refractivity contribution in [3.05, 3.63) is 24.2 Å². The van der Waals surface area contributed by atoms with Crippen LogP contribution in [0.25, 0.3) is 16.8 Å². The molecular weight excluding hydrogens is 306 g/mol. The third-order valence-corrected chi connectivity index (χ3v) is 2.82. The Bertz CT molecular complexity index is 816. The van der Waals surface area contributed by atoms with Gasteiger partial charge in [0.05, 0.1) is 13.3 Å². The number of ether oxygens (including phenoxy) is 1. The molecule has 0 unspecified atom stereocenters. The van der Waals surface area contributed by atoms with Gasteiger partial charge in [0.2, 0.25) is 11.5 Å². The molecule has 0 amide bonds. The number of hydrogen-bond donors (Lipinski definition) is 0. The Balaban J connectivity index is 2.26. The topological polar surface area (TPSA) is 65.2 Å². The Labute approximate surface area is 120 Å². The summed E-state index contributed by atoms with van der Waals surface area (Å²) in [5, 5.41) is 6.65. The minimum atomic E-state index is -4.71. The summed E-state index contributed by atoms with van der Waals surface area (Å²) in [6.45, 7) is -0.634. The van der Waals surface area contributed by atoms with E-state index >= 15 is 0 Å². The van der Waals surface area contributed by atoms with E-state index in [2.05, 4.69) is 20.2 Å². The second-order valence-electron chi connectivity index (χ2n) is 4.33. The first-order valence-corrected chi connectivity index (χ1v) is 6.28. The lowest BCUT2D eigenvalue weighted by Gasteiger charge is -2.09. The van der Waals surface area contributed by atoms with Crippen LogP contribution in [-0.4, -0.2) is 37.8 Å². The van der Waals surface area contributed by atoms with Crippen molar-refractivity contribution in [1.29, 1.82) is 0 Å². The highest BCUT2D eigenvalue weighted by molar-refractivity contribution is 5.75. The normalized spacial score (nSPS) is 12.2. The summed E-state index contributed by atoms with van der Waals surface area (Å²) in [6.07, 6.45) is -3.27. The van der Waals surface area contributed by atoms with Gasteiger partial charge in [0.25, 0.3) is 5.88 Å². The Morgan fingerprint density at radius 2 is 2.00 bits per heavy atom. The van der Waals surface area contributed by atoms with Crippen LogP contribution in [0, 0.1) is 0 Å². The summed E-state index contributed by atoms with van der Waals surface area (Å²) < 4.78 is 57.3. The number of pyridine rings is 1. The zero-order chi connectivity index (χ0) is 15.7. The van der Waals surface area contributed by atoms with E-state index in [4.69, 9.17) is 4.74 Å². The van der Waals surface area contributed by atoms with Crippen molar-refractivity contribution in [3.8, 4) is 5.88 Å². The number of nitrogens with zero attached hydrogens (tertiary/aromatic N) is 5. The molecule has 3 aromatic heterocycles. The third kappa shape index (κ3) is 2.40. The molecule has 0 aliphatic heterocycles. The highest BCUT2D eigenvalue weighted by atomic mass is 19.4. The maximum absolute atomic E-state index is 13.1. The first kappa shape index (κ1) is 14.4. The maximum Gasteiger partial charge on any atom is 0.452 e. The Morgan fingerprint density at radius 3 is 2.73 bits per heavy atom. The molecule has 3 rings (SSSR count). The summed E-state index contributed by atoms with van der Waals surface area (Å²) in [5.74, 6) is -1.36.